The van der Waals surface area contributed by atoms with Gasteiger partial charge in [0.2, 0.25) is 5.91 Å². The van der Waals surface area contributed by atoms with Gasteiger partial charge in [0.15, 0.2) is 0 Å². The van der Waals surface area contributed by atoms with Gasteiger partial charge in [-0.15, -0.1) is 5.10 Å². The maximum absolute atomic E-state index is 13.1. The molecule has 1 N–H and O–H groups in total. The molecule has 2 aromatic carbocycles. The predicted molar refractivity (Wildman–Crippen MR) is 104 cm³/mol. The van der Waals surface area contributed by atoms with E-state index >= 15 is 0 Å². The van der Waals surface area contributed by atoms with Crippen molar-refractivity contribution in [1.29, 1.82) is 0 Å². The highest BCUT2D eigenvalue weighted by atomic mass is 16.2. The van der Waals surface area contributed by atoms with Gasteiger partial charge < -0.3 is 0 Å². The zero-order valence-corrected chi connectivity index (χ0v) is 15.1. The Kier molecular flexibility index (Phi) is 4.38. The van der Waals surface area contributed by atoms with Crippen molar-refractivity contribution in [3.8, 4) is 0 Å². The number of carbonyl (C=O) groups is 1. The van der Waals surface area contributed by atoms with Gasteiger partial charge in [0.25, 0.3) is 11.7 Å². The van der Waals surface area contributed by atoms with Crippen molar-refractivity contribution >= 4 is 17.6 Å². The summed E-state index contributed by atoms with van der Waals surface area (Å²) in [6, 6.07) is 21.3. The molecule has 0 unspecified atom stereocenters. The second-order valence-corrected chi connectivity index (χ2v) is 6.43. The van der Waals surface area contributed by atoms with Crippen LogP contribution in [0.1, 0.15) is 28.4 Å². The van der Waals surface area contributed by atoms with E-state index in [1.807, 2.05) is 80.6 Å². The number of nitrogens with zero attached hydrogens (tertiary/aromatic N) is 4. The van der Waals surface area contributed by atoms with E-state index in [4.69, 9.17) is 0 Å². The summed E-state index contributed by atoms with van der Waals surface area (Å²) in [5.41, 5.74) is 3.59. The largest absolute Gasteiger partial charge is 0.292 e. The summed E-state index contributed by atoms with van der Waals surface area (Å²) in [5, 5.41) is 7.23. The fraction of sp³-hybridized carbons (Fsp3) is 0.143. The van der Waals surface area contributed by atoms with Crippen molar-refractivity contribution in [3.63, 3.8) is 0 Å². The van der Waals surface area contributed by atoms with Crippen LogP contribution < -0.4 is 5.32 Å². The minimum absolute atomic E-state index is 0.183. The van der Waals surface area contributed by atoms with Gasteiger partial charge >= 0.3 is 0 Å². The average Bonchev–Trinajstić information content (AvgIpc) is 3.06. The summed E-state index contributed by atoms with van der Waals surface area (Å²) in [6.07, 6.45) is 0. The smallest absolute Gasteiger partial charge is 0.254 e. The number of nitrogens with one attached hydrogen (secondary N) is 1. The number of fused-ring (bicyclic) bond motifs is 1. The number of amides is 1. The molecule has 6 nitrogen and oxygen atoms in total. The first-order valence-corrected chi connectivity index (χ1v) is 8.73. The number of aryl methyl sites for hydroxylation is 2. The van der Waals surface area contributed by atoms with Crippen LogP contribution in [0.2, 0.25) is 0 Å². The normalized spacial score (nSPS) is 11.1. The van der Waals surface area contributed by atoms with Crippen molar-refractivity contribution in [2.24, 2.45) is 0 Å². The minimum atomic E-state index is -0.449. The number of anilines is 1. The van der Waals surface area contributed by atoms with Gasteiger partial charge in [-0.1, -0.05) is 60.7 Å². The van der Waals surface area contributed by atoms with Crippen molar-refractivity contribution in [1.82, 2.24) is 19.6 Å². The van der Waals surface area contributed by atoms with Crippen LogP contribution in [0.4, 0.5) is 5.95 Å². The first kappa shape index (κ1) is 16.9. The topological polar surface area (TPSA) is 72.2 Å². The maximum Gasteiger partial charge on any atom is 0.254 e. The number of carbonyl (C=O) groups excluding carboxylic acids is 1. The number of aromatic nitrogens is 4. The lowest BCUT2D eigenvalue weighted by Gasteiger charge is -2.16. The molecule has 134 valence electrons. The van der Waals surface area contributed by atoms with E-state index < -0.39 is 5.92 Å². The Bertz CT molecular complexity index is 1050. The molecule has 0 atom stereocenters. The van der Waals surface area contributed by atoms with Crippen LogP contribution >= 0.6 is 0 Å². The molecule has 0 aliphatic heterocycles. The lowest BCUT2D eigenvalue weighted by atomic mass is 9.90. The molecule has 0 aliphatic carbocycles. The van der Waals surface area contributed by atoms with Crippen LogP contribution in [0, 0.1) is 13.8 Å². The molecule has 0 radical (unpaired) electrons. The molecule has 0 spiro atoms. The van der Waals surface area contributed by atoms with Crippen LogP contribution in [0.25, 0.3) is 5.78 Å². The predicted octanol–water partition coefficient (Wildman–Crippen LogP) is 3.51. The summed E-state index contributed by atoms with van der Waals surface area (Å²) in [5.74, 6) is 0.0873. The zero-order valence-electron chi connectivity index (χ0n) is 15.1. The quantitative estimate of drug-likeness (QED) is 0.607. The minimum Gasteiger partial charge on any atom is -0.292 e. The highest BCUT2D eigenvalue weighted by Gasteiger charge is 2.24. The molecule has 0 fully saturated rings. The average molecular weight is 357 g/mol. The van der Waals surface area contributed by atoms with Gasteiger partial charge in [-0.05, 0) is 31.0 Å². The fourth-order valence-electron chi connectivity index (χ4n) is 3.19. The van der Waals surface area contributed by atoms with E-state index in [0.29, 0.717) is 5.78 Å². The van der Waals surface area contributed by atoms with Crippen molar-refractivity contribution < 1.29 is 4.79 Å². The van der Waals surface area contributed by atoms with Gasteiger partial charge in [0.1, 0.15) is 0 Å². The third-order valence-electron chi connectivity index (χ3n) is 4.38. The Morgan fingerprint density at radius 3 is 2.11 bits per heavy atom. The monoisotopic (exact) mass is 357 g/mol. The molecule has 0 saturated carbocycles. The molecule has 27 heavy (non-hydrogen) atoms. The summed E-state index contributed by atoms with van der Waals surface area (Å²) >= 11 is 0. The molecule has 1 amide bonds. The second-order valence-electron chi connectivity index (χ2n) is 6.43. The summed E-state index contributed by atoms with van der Waals surface area (Å²) in [7, 11) is 0. The molecule has 4 aromatic rings. The van der Waals surface area contributed by atoms with Gasteiger partial charge in [0, 0.05) is 11.4 Å². The number of rotatable bonds is 4. The number of benzene rings is 2. The molecule has 0 bridgehead atoms. The van der Waals surface area contributed by atoms with Crippen LogP contribution in [-0.4, -0.2) is 25.5 Å². The summed E-state index contributed by atoms with van der Waals surface area (Å²) in [6.45, 7) is 3.83. The Hall–Kier alpha value is -3.54. The van der Waals surface area contributed by atoms with Crippen molar-refractivity contribution in [2.45, 2.75) is 19.8 Å². The first-order chi connectivity index (χ1) is 13.1. The van der Waals surface area contributed by atoms with E-state index in [0.717, 1.165) is 22.5 Å². The molecule has 4 rings (SSSR count). The summed E-state index contributed by atoms with van der Waals surface area (Å²) in [4.78, 5) is 21.8. The highest BCUT2D eigenvalue weighted by Crippen LogP contribution is 2.26. The SMILES string of the molecule is Cc1cc(C)n2nc(NC(=O)C(c3ccccc3)c3ccccc3)nc2n1. The van der Waals surface area contributed by atoms with Gasteiger partial charge in [-0.2, -0.15) is 9.50 Å². The Labute approximate surface area is 156 Å². The van der Waals surface area contributed by atoms with Crippen molar-refractivity contribution in [3.05, 3.63) is 89.2 Å². The van der Waals surface area contributed by atoms with E-state index in [1.54, 1.807) is 4.52 Å². The van der Waals surface area contributed by atoms with E-state index in [2.05, 4.69) is 20.4 Å². The lowest BCUT2D eigenvalue weighted by Crippen LogP contribution is -2.22. The van der Waals surface area contributed by atoms with Gasteiger partial charge in [0.05, 0.1) is 5.92 Å². The Morgan fingerprint density at radius 2 is 1.52 bits per heavy atom. The van der Waals surface area contributed by atoms with Crippen LogP contribution in [0.5, 0.6) is 0 Å². The summed E-state index contributed by atoms with van der Waals surface area (Å²) < 4.78 is 1.63. The molecule has 6 heteroatoms. The standard InChI is InChI=1S/C21H19N5O/c1-14-13-15(2)26-21(22-14)24-20(25-26)23-19(27)18(16-9-5-3-6-10-16)17-11-7-4-8-12-17/h3-13,18H,1-2H3,(H,23,25,27). The van der Waals surface area contributed by atoms with Gasteiger partial charge in [-0.3, -0.25) is 10.1 Å². The Balaban J connectivity index is 1.69. The highest BCUT2D eigenvalue weighted by molar-refractivity contribution is 5.97. The molecule has 0 aliphatic rings. The fourth-order valence-corrected chi connectivity index (χ4v) is 3.19. The Morgan fingerprint density at radius 1 is 0.926 bits per heavy atom. The van der Waals surface area contributed by atoms with E-state index in [9.17, 15) is 4.79 Å². The van der Waals surface area contributed by atoms with E-state index in [1.165, 1.54) is 0 Å². The first-order valence-electron chi connectivity index (χ1n) is 8.73. The van der Waals surface area contributed by atoms with E-state index in [-0.39, 0.29) is 11.9 Å². The molecule has 2 heterocycles. The number of hydrogen-bond donors (Lipinski definition) is 1. The molecular weight excluding hydrogens is 338 g/mol. The number of hydrogen-bond acceptors (Lipinski definition) is 4. The van der Waals surface area contributed by atoms with Crippen molar-refractivity contribution in [2.75, 3.05) is 5.32 Å². The third kappa shape index (κ3) is 3.42. The third-order valence-corrected chi connectivity index (χ3v) is 4.38. The lowest BCUT2D eigenvalue weighted by molar-refractivity contribution is -0.116. The zero-order chi connectivity index (χ0) is 18.8. The van der Waals surface area contributed by atoms with Crippen LogP contribution in [0.15, 0.2) is 66.7 Å². The molecule has 0 saturated heterocycles. The van der Waals surface area contributed by atoms with Gasteiger partial charge in [-0.25, -0.2) is 4.98 Å². The van der Waals surface area contributed by atoms with Crippen LogP contribution in [0.3, 0.4) is 0 Å². The second kappa shape index (κ2) is 6.99. The molecular formula is C21H19N5O. The van der Waals surface area contributed by atoms with Crippen LogP contribution in [-0.2, 0) is 4.79 Å². The maximum atomic E-state index is 13.1. The molecule has 2 aromatic heterocycles.